The van der Waals surface area contributed by atoms with Crippen molar-refractivity contribution in [3.05, 3.63) is 64.9 Å². The number of hydrogen-bond acceptors (Lipinski definition) is 10. The first kappa shape index (κ1) is 25.4. The monoisotopic (exact) mass is 509 g/mol. The van der Waals surface area contributed by atoms with Gasteiger partial charge in [0.05, 0.1) is 17.8 Å². The predicted octanol–water partition coefficient (Wildman–Crippen LogP) is 2.78. The van der Waals surface area contributed by atoms with Crippen LogP contribution in [0.2, 0.25) is 0 Å². The van der Waals surface area contributed by atoms with Gasteiger partial charge in [0.2, 0.25) is 17.5 Å². The average Bonchev–Trinajstić information content (AvgIpc) is 3.43. The zero-order chi connectivity index (χ0) is 26.2. The second-order valence-electron chi connectivity index (χ2n) is 8.25. The maximum absolute atomic E-state index is 12.5. The number of aromatic nitrogens is 2. The van der Waals surface area contributed by atoms with E-state index < -0.39 is 4.92 Å². The molecule has 2 aromatic heterocycles. The molecule has 0 bridgehead atoms. The molecule has 194 valence electrons. The number of nitrogens with one attached hydrogen (secondary N) is 2. The molecule has 0 atom stereocenters. The first-order chi connectivity index (χ1) is 17.9. The number of hydrogen-bond donors (Lipinski definition) is 2. The molecule has 0 unspecified atom stereocenters. The normalized spacial score (nSPS) is 13.2. The van der Waals surface area contributed by atoms with Gasteiger partial charge < -0.3 is 29.6 Å². The van der Waals surface area contributed by atoms with Gasteiger partial charge in [0.25, 0.3) is 5.91 Å². The molecule has 4 rings (SSSR count). The lowest BCUT2D eigenvalue weighted by Crippen LogP contribution is -2.49. The Bertz CT molecular complexity index is 1240. The molecule has 2 amide bonds. The molecule has 1 aliphatic heterocycles. The molecule has 13 nitrogen and oxygen atoms in total. The average molecular weight is 510 g/mol. The van der Waals surface area contributed by atoms with E-state index in [1.807, 2.05) is 0 Å². The summed E-state index contributed by atoms with van der Waals surface area (Å²) in [5.74, 6) is 0.809. The lowest BCUT2D eigenvalue weighted by Gasteiger charge is -2.34. The zero-order valence-electron chi connectivity index (χ0n) is 20.3. The third kappa shape index (κ3) is 6.51. The van der Waals surface area contributed by atoms with E-state index >= 15 is 0 Å². The summed E-state index contributed by atoms with van der Waals surface area (Å²) in [7, 11) is 0. The largest absolute Gasteiger partial charge is 0.493 e. The zero-order valence-corrected chi connectivity index (χ0v) is 20.3. The molecule has 0 radical (unpaired) electrons. The van der Waals surface area contributed by atoms with Crippen molar-refractivity contribution in [3.8, 4) is 5.75 Å². The van der Waals surface area contributed by atoms with Crippen molar-refractivity contribution in [1.29, 1.82) is 0 Å². The Morgan fingerprint density at radius 3 is 2.68 bits per heavy atom. The minimum Gasteiger partial charge on any atom is -0.493 e. The van der Waals surface area contributed by atoms with Crippen molar-refractivity contribution in [3.63, 3.8) is 0 Å². The SMILES string of the molecule is CC(=O)Nc1cccc(OCCCNc2ncnc(N3CCN(C(=O)c4ccco4)CC3)c2[N+](=O)[O-])c1. The highest BCUT2D eigenvalue weighted by Gasteiger charge is 2.31. The van der Waals surface area contributed by atoms with E-state index in [1.54, 1.807) is 46.2 Å². The molecule has 2 N–H and O–H groups in total. The van der Waals surface area contributed by atoms with Crippen LogP contribution in [0.1, 0.15) is 23.9 Å². The van der Waals surface area contributed by atoms with Crippen molar-refractivity contribution >= 4 is 34.8 Å². The molecule has 0 aliphatic carbocycles. The second-order valence-corrected chi connectivity index (χ2v) is 8.25. The number of nitrogens with zero attached hydrogens (tertiary/aromatic N) is 5. The molecule has 37 heavy (non-hydrogen) atoms. The maximum Gasteiger partial charge on any atom is 0.353 e. The number of nitro groups is 1. The predicted molar refractivity (Wildman–Crippen MR) is 135 cm³/mol. The highest BCUT2D eigenvalue weighted by molar-refractivity contribution is 5.91. The van der Waals surface area contributed by atoms with E-state index in [1.165, 1.54) is 19.5 Å². The van der Waals surface area contributed by atoms with Crippen LogP contribution in [0, 0.1) is 10.1 Å². The molecule has 1 saturated heterocycles. The molecule has 3 aromatic rings. The minimum absolute atomic E-state index is 0.122. The summed E-state index contributed by atoms with van der Waals surface area (Å²) >= 11 is 0. The third-order valence-corrected chi connectivity index (χ3v) is 5.62. The van der Waals surface area contributed by atoms with Gasteiger partial charge in [-0.25, -0.2) is 9.97 Å². The number of furan rings is 1. The summed E-state index contributed by atoms with van der Waals surface area (Å²) in [4.78, 5) is 46.8. The Labute approximate surface area is 212 Å². The standard InChI is InChI=1S/C24H27N7O6/c1-17(32)28-18-5-2-6-19(15-18)36-14-4-8-25-22-21(31(34)35)23(27-16-26-22)29-9-11-30(12-10-29)24(33)20-7-3-13-37-20/h2-3,5-7,13,15-16H,4,8-12,14H2,1H3,(H,28,32)(H,25,26,27). The van der Waals surface area contributed by atoms with Crippen LogP contribution in [0.5, 0.6) is 5.75 Å². The van der Waals surface area contributed by atoms with Crippen LogP contribution < -0.4 is 20.3 Å². The fourth-order valence-corrected chi connectivity index (χ4v) is 3.91. The number of carbonyl (C=O) groups is 2. The van der Waals surface area contributed by atoms with Gasteiger partial charge >= 0.3 is 5.69 Å². The summed E-state index contributed by atoms with van der Waals surface area (Å²) in [5, 5.41) is 17.6. The topological polar surface area (TPSA) is 156 Å². The molecule has 3 heterocycles. The third-order valence-electron chi connectivity index (χ3n) is 5.62. The van der Waals surface area contributed by atoms with Gasteiger partial charge in [-0.05, 0) is 30.7 Å². The smallest absolute Gasteiger partial charge is 0.353 e. The van der Waals surface area contributed by atoms with E-state index in [9.17, 15) is 19.7 Å². The first-order valence-electron chi connectivity index (χ1n) is 11.7. The van der Waals surface area contributed by atoms with Crippen molar-refractivity contribution in [2.24, 2.45) is 0 Å². The van der Waals surface area contributed by atoms with E-state index in [0.717, 1.165) is 0 Å². The van der Waals surface area contributed by atoms with Gasteiger partial charge in [-0.2, -0.15) is 0 Å². The lowest BCUT2D eigenvalue weighted by atomic mass is 10.2. The van der Waals surface area contributed by atoms with E-state index in [-0.39, 0.29) is 34.9 Å². The number of ether oxygens (including phenoxy) is 1. The number of anilines is 3. The number of benzene rings is 1. The van der Waals surface area contributed by atoms with Crippen LogP contribution >= 0.6 is 0 Å². The Morgan fingerprint density at radius 2 is 1.97 bits per heavy atom. The van der Waals surface area contributed by atoms with E-state index in [2.05, 4.69) is 20.6 Å². The number of rotatable bonds is 10. The molecule has 13 heteroatoms. The van der Waals surface area contributed by atoms with Crippen LogP contribution in [0.4, 0.5) is 23.0 Å². The van der Waals surface area contributed by atoms with E-state index in [4.69, 9.17) is 9.15 Å². The van der Waals surface area contributed by atoms with Gasteiger partial charge in [0.1, 0.15) is 12.1 Å². The maximum atomic E-state index is 12.5. The van der Waals surface area contributed by atoms with Crippen molar-refractivity contribution in [2.45, 2.75) is 13.3 Å². The quantitative estimate of drug-likeness (QED) is 0.237. The summed E-state index contributed by atoms with van der Waals surface area (Å²) < 4.78 is 10.9. The van der Waals surface area contributed by atoms with Crippen LogP contribution in [-0.2, 0) is 4.79 Å². The fraction of sp³-hybridized carbons (Fsp3) is 0.333. The van der Waals surface area contributed by atoms with Gasteiger partial charge in [-0.1, -0.05) is 6.07 Å². The van der Waals surface area contributed by atoms with E-state index in [0.29, 0.717) is 57.2 Å². The Hall–Kier alpha value is -4.68. The van der Waals surface area contributed by atoms with Gasteiger partial charge in [0, 0.05) is 51.4 Å². The number of amides is 2. The Kier molecular flexibility index (Phi) is 8.13. The number of piperazine rings is 1. The summed E-state index contributed by atoms with van der Waals surface area (Å²) in [6, 6.07) is 10.3. The molecule has 0 spiro atoms. The van der Waals surface area contributed by atoms with Crippen molar-refractivity contribution < 1.29 is 23.7 Å². The van der Waals surface area contributed by atoms with Crippen LogP contribution in [0.3, 0.4) is 0 Å². The fourth-order valence-electron chi connectivity index (χ4n) is 3.91. The summed E-state index contributed by atoms with van der Waals surface area (Å²) in [6.45, 7) is 3.69. The lowest BCUT2D eigenvalue weighted by molar-refractivity contribution is -0.383. The molecule has 1 aliphatic rings. The summed E-state index contributed by atoms with van der Waals surface area (Å²) in [6.07, 6.45) is 3.28. The molecule has 1 aromatic carbocycles. The highest BCUT2D eigenvalue weighted by atomic mass is 16.6. The van der Waals surface area contributed by atoms with Crippen molar-refractivity contribution in [1.82, 2.24) is 14.9 Å². The highest BCUT2D eigenvalue weighted by Crippen LogP contribution is 2.32. The molecular formula is C24H27N7O6. The van der Waals surface area contributed by atoms with Crippen LogP contribution in [-0.4, -0.2) is 70.9 Å². The molecule has 1 fully saturated rings. The van der Waals surface area contributed by atoms with Crippen molar-refractivity contribution in [2.75, 3.05) is 54.9 Å². The van der Waals surface area contributed by atoms with Gasteiger partial charge in [0.15, 0.2) is 5.76 Å². The second kappa shape index (κ2) is 11.8. The first-order valence-corrected chi connectivity index (χ1v) is 11.7. The summed E-state index contributed by atoms with van der Waals surface area (Å²) in [5.41, 5.74) is 0.427. The Morgan fingerprint density at radius 1 is 1.16 bits per heavy atom. The molecule has 0 saturated carbocycles. The van der Waals surface area contributed by atoms with Gasteiger partial charge in [-0.3, -0.25) is 19.7 Å². The van der Waals surface area contributed by atoms with Crippen LogP contribution in [0.15, 0.2) is 53.4 Å². The minimum atomic E-state index is -0.498. The number of carbonyl (C=O) groups excluding carboxylic acids is 2. The molecular weight excluding hydrogens is 482 g/mol. The Balaban J connectivity index is 1.32. The van der Waals surface area contributed by atoms with Gasteiger partial charge in [-0.15, -0.1) is 0 Å². The van der Waals surface area contributed by atoms with Crippen LogP contribution in [0.25, 0.3) is 0 Å².